The van der Waals surface area contributed by atoms with Gasteiger partial charge in [-0.25, -0.2) is 4.79 Å². The van der Waals surface area contributed by atoms with Gasteiger partial charge in [-0.2, -0.15) is 0 Å². The average Bonchev–Trinajstić information content (AvgIpc) is 2.32. The molecule has 1 aliphatic rings. The molecule has 0 aliphatic carbocycles. The molecule has 0 N–H and O–H groups in total. The fourth-order valence-electron chi connectivity index (χ4n) is 1.03. The lowest BCUT2D eigenvalue weighted by molar-refractivity contribution is -0.138. The van der Waals surface area contributed by atoms with Crippen molar-refractivity contribution in [3.8, 4) is 0 Å². The zero-order valence-corrected chi connectivity index (χ0v) is 8.61. The zero-order chi connectivity index (χ0) is 9.14. The first-order chi connectivity index (χ1) is 5.65. The van der Waals surface area contributed by atoms with Crippen molar-refractivity contribution in [2.45, 2.75) is 25.3 Å². The Morgan fingerprint density at radius 2 is 2.50 bits per heavy atom. The average molecular weight is 207 g/mol. The van der Waals surface area contributed by atoms with Crippen LogP contribution < -0.4 is 0 Å². The van der Waals surface area contributed by atoms with Crippen LogP contribution >= 0.6 is 23.4 Å². The molecule has 68 valence electrons. The number of hydrogen-bond acceptors (Lipinski definition) is 3. The van der Waals surface area contributed by atoms with Crippen molar-refractivity contribution in [3.63, 3.8) is 0 Å². The van der Waals surface area contributed by atoms with E-state index in [-0.39, 0.29) is 17.5 Å². The molecule has 0 amide bonds. The summed E-state index contributed by atoms with van der Waals surface area (Å²) in [5, 5.41) is -0.151. The first-order valence-corrected chi connectivity index (χ1v) is 5.26. The van der Waals surface area contributed by atoms with Gasteiger partial charge in [0.2, 0.25) is 0 Å². The minimum absolute atomic E-state index is 0.151. The summed E-state index contributed by atoms with van der Waals surface area (Å²) in [4.78, 5) is 11.8. The molecular weight excluding hydrogens is 196 g/mol. The predicted molar refractivity (Wildman–Crippen MR) is 51.4 cm³/mol. The van der Waals surface area contributed by atoms with Gasteiger partial charge in [0.1, 0.15) is 6.10 Å². The summed E-state index contributed by atoms with van der Waals surface area (Å²) in [6.07, 6.45) is 1.29. The lowest BCUT2D eigenvalue weighted by Crippen LogP contribution is -2.20. The molecule has 4 heteroatoms. The van der Waals surface area contributed by atoms with Gasteiger partial charge in [-0.15, -0.1) is 23.4 Å². The molecule has 2 atom stereocenters. The standard InChI is InChI=1S/C8H11ClO2S/c1-3-12-6-4-7(10)11-8(6)5(2)9/h4-5,8H,3H2,1-2H3. The smallest absolute Gasteiger partial charge is 0.332 e. The minimum atomic E-state index is -0.275. The lowest BCUT2D eigenvalue weighted by atomic mass is 10.3. The van der Waals surface area contributed by atoms with Gasteiger partial charge >= 0.3 is 5.97 Å². The Bertz CT molecular complexity index is 213. The second kappa shape index (κ2) is 4.19. The highest BCUT2D eigenvalue weighted by Crippen LogP contribution is 2.30. The number of hydrogen-bond donors (Lipinski definition) is 0. The number of carbonyl (C=O) groups excluding carboxylic acids is 1. The number of rotatable bonds is 3. The molecule has 0 aromatic heterocycles. The number of thioether (sulfide) groups is 1. The van der Waals surface area contributed by atoms with Crippen molar-refractivity contribution >= 4 is 29.3 Å². The molecule has 12 heavy (non-hydrogen) atoms. The maximum absolute atomic E-state index is 10.9. The molecule has 1 heterocycles. The Balaban J connectivity index is 2.66. The third kappa shape index (κ3) is 2.17. The molecule has 0 bridgehead atoms. The van der Waals surface area contributed by atoms with Crippen LogP contribution in [0.5, 0.6) is 0 Å². The van der Waals surface area contributed by atoms with Crippen molar-refractivity contribution in [2.75, 3.05) is 5.75 Å². The number of ether oxygens (including phenoxy) is 1. The highest BCUT2D eigenvalue weighted by Gasteiger charge is 2.29. The van der Waals surface area contributed by atoms with E-state index in [4.69, 9.17) is 16.3 Å². The molecule has 0 spiro atoms. The van der Waals surface area contributed by atoms with Crippen molar-refractivity contribution < 1.29 is 9.53 Å². The summed E-state index contributed by atoms with van der Waals surface area (Å²) in [5.41, 5.74) is 0. The van der Waals surface area contributed by atoms with Gasteiger partial charge < -0.3 is 4.74 Å². The summed E-state index contributed by atoms with van der Waals surface area (Å²) < 4.78 is 5.00. The van der Waals surface area contributed by atoms with Crippen molar-refractivity contribution in [2.24, 2.45) is 0 Å². The first kappa shape index (κ1) is 9.93. The van der Waals surface area contributed by atoms with Crippen LogP contribution in [0.15, 0.2) is 11.0 Å². The Kier molecular flexibility index (Phi) is 3.47. The zero-order valence-electron chi connectivity index (χ0n) is 7.04. The molecule has 0 saturated heterocycles. The van der Waals surface area contributed by atoms with E-state index >= 15 is 0 Å². The van der Waals surface area contributed by atoms with Crippen molar-refractivity contribution in [1.82, 2.24) is 0 Å². The van der Waals surface area contributed by atoms with Gasteiger partial charge in [0.15, 0.2) is 0 Å². The minimum Gasteiger partial charge on any atom is -0.452 e. The van der Waals surface area contributed by atoms with Crippen LogP contribution in [0.25, 0.3) is 0 Å². The highest BCUT2D eigenvalue weighted by atomic mass is 35.5. The van der Waals surface area contributed by atoms with E-state index in [1.54, 1.807) is 11.8 Å². The number of halogens is 1. The third-order valence-electron chi connectivity index (χ3n) is 1.51. The van der Waals surface area contributed by atoms with E-state index in [0.717, 1.165) is 10.7 Å². The van der Waals surface area contributed by atoms with Gasteiger partial charge in [0.05, 0.1) is 5.38 Å². The lowest BCUT2D eigenvalue weighted by Gasteiger charge is -2.14. The number of alkyl halides is 1. The third-order valence-corrected chi connectivity index (χ3v) is 2.71. The second-order valence-electron chi connectivity index (χ2n) is 2.51. The Morgan fingerprint density at radius 3 is 3.00 bits per heavy atom. The molecule has 0 aromatic rings. The number of cyclic esters (lactones) is 1. The largest absolute Gasteiger partial charge is 0.452 e. The van der Waals surface area contributed by atoms with Crippen molar-refractivity contribution in [1.29, 1.82) is 0 Å². The van der Waals surface area contributed by atoms with E-state index in [0.29, 0.717) is 0 Å². The van der Waals surface area contributed by atoms with Crippen LogP contribution in [0, 0.1) is 0 Å². The van der Waals surface area contributed by atoms with Gasteiger partial charge in [-0.05, 0) is 12.7 Å². The van der Waals surface area contributed by atoms with Crippen LogP contribution in [0.1, 0.15) is 13.8 Å². The van der Waals surface area contributed by atoms with E-state index in [2.05, 4.69) is 0 Å². The molecule has 0 saturated carbocycles. The maximum Gasteiger partial charge on any atom is 0.332 e. The highest BCUT2D eigenvalue weighted by molar-refractivity contribution is 8.03. The second-order valence-corrected chi connectivity index (χ2v) is 4.54. The van der Waals surface area contributed by atoms with Crippen LogP contribution in [0.3, 0.4) is 0 Å². The molecule has 1 aliphatic heterocycles. The van der Waals surface area contributed by atoms with E-state index in [1.807, 2.05) is 13.8 Å². The van der Waals surface area contributed by atoms with E-state index in [9.17, 15) is 4.79 Å². The monoisotopic (exact) mass is 206 g/mol. The predicted octanol–water partition coefficient (Wildman–Crippen LogP) is 2.18. The summed E-state index contributed by atoms with van der Waals surface area (Å²) in [5.74, 6) is 0.659. The molecule has 0 radical (unpaired) electrons. The Labute approximate surface area is 81.3 Å². The summed E-state index contributed by atoms with van der Waals surface area (Å²) in [6.45, 7) is 3.86. The van der Waals surface area contributed by atoms with Crippen LogP contribution in [-0.2, 0) is 9.53 Å². The molecule has 0 aromatic carbocycles. The van der Waals surface area contributed by atoms with Gasteiger partial charge in [0, 0.05) is 11.0 Å². The fraction of sp³-hybridized carbons (Fsp3) is 0.625. The van der Waals surface area contributed by atoms with Gasteiger partial charge in [-0.1, -0.05) is 6.92 Å². The summed E-state index contributed by atoms with van der Waals surface area (Å²) >= 11 is 7.46. The van der Waals surface area contributed by atoms with Gasteiger partial charge in [0.25, 0.3) is 0 Å². The van der Waals surface area contributed by atoms with E-state index in [1.165, 1.54) is 6.08 Å². The Morgan fingerprint density at radius 1 is 1.83 bits per heavy atom. The number of esters is 1. The molecule has 0 fully saturated rings. The van der Waals surface area contributed by atoms with Crippen LogP contribution in [-0.4, -0.2) is 23.2 Å². The normalized spacial score (nSPS) is 25.1. The van der Waals surface area contributed by atoms with Gasteiger partial charge in [-0.3, -0.25) is 0 Å². The topological polar surface area (TPSA) is 26.3 Å². The first-order valence-electron chi connectivity index (χ1n) is 3.84. The summed E-state index contributed by atoms with van der Waals surface area (Å²) in [6, 6.07) is 0. The van der Waals surface area contributed by atoms with Crippen LogP contribution in [0.4, 0.5) is 0 Å². The Hall–Kier alpha value is -0.150. The fourth-order valence-corrected chi connectivity index (χ4v) is 2.22. The quantitative estimate of drug-likeness (QED) is 0.523. The number of carbonyl (C=O) groups is 1. The van der Waals surface area contributed by atoms with Crippen molar-refractivity contribution in [3.05, 3.63) is 11.0 Å². The molecule has 2 nitrogen and oxygen atoms in total. The maximum atomic E-state index is 10.9. The SMILES string of the molecule is CCSC1=CC(=O)OC1C(C)Cl. The summed E-state index contributed by atoms with van der Waals surface area (Å²) in [7, 11) is 0. The molecular formula is C8H11ClO2S. The molecule has 2 unspecified atom stereocenters. The molecule has 1 rings (SSSR count). The van der Waals surface area contributed by atoms with Crippen LogP contribution in [0.2, 0.25) is 0 Å². The van der Waals surface area contributed by atoms with E-state index < -0.39 is 0 Å².